The summed E-state index contributed by atoms with van der Waals surface area (Å²) in [6.45, 7) is 9.53. The van der Waals surface area contributed by atoms with Gasteiger partial charge in [0.25, 0.3) is 0 Å². The lowest BCUT2D eigenvalue weighted by Gasteiger charge is -2.51. The second-order valence-electron chi connectivity index (χ2n) is 5.84. The summed E-state index contributed by atoms with van der Waals surface area (Å²) in [5.41, 5.74) is 6.29. The fraction of sp³-hybridized carbons (Fsp3) is 1.00. The molecule has 0 aliphatic carbocycles. The van der Waals surface area contributed by atoms with Crippen LogP contribution < -0.4 is 5.73 Å². The maximum Gasteiger partial charge on any atom is 0.0565 e. The van der Waals surface area contributed by atoms with Crippen molar-refractivity contribution in [2.24, 2.45) is 5.73 Å². The second-order valence-corrected chi connectivity index (χ2v) is 5.84. The van der Waals surface area contributed by atoms with Crippen LogP contribution in [0.5, 0.6) is 0 Å². The molecule has 17 heavy (non-hydrogen) atoms. The molecule has 2 fully saturated rings. The van der Waals surface area contributed by atoms with Gasteiger partial charge < -0.3 is 15.4 Å². The number of piperazine rings is 1. The molecule has 0 saturated carbocycles. The Kier molecular flexibility index (Phi) is 4.08. The Morgan fingerprint density at radius 1 is 1.35 bits per heavy atom. The third-order valence-electron chi connectivity index (χ3n) is 4.65. The van der Waals surface area contributed by atoms with E-state index in [0.29, 0.717) is 12.1 Å². The van der Waals surface area contributed by atoms with Crippen molar-refractivity contribution in [1.82, 2.24) is 9.80 Å². The Balaban J connectivity index is 2.07. The van der Waals surface area contributed by atoms with E-state index >= 15 is 0 Å². The molecule has 2 N–H and O–H groups in total. The summed E-state index contributed by atoms with van der Waals surface area (Å²) in [7, 11) is 2.21. The first-order valence-electron chi connectivity index (χ1n) is 6.84. The van der Waals surface area contributed by atoms with Crippen LogP contribution in [0.2, 0.25) is 0 Å². The maximum absolute atomic E-state index is 6.10. The van der Waals surface area contributed by atoms with E-state index in [0.717, 1.165) is 45.6 Å². The minimum atomic E-state index is 0.188. The Morgan fingerprint density at radius 2 is 2.12 bits per heavy atom. The van der Waals surface area contributed by atoms with E-state index in [-0.39, 0.29) is 5.54 Å². The van der Waals surface area contributed by atoms with Crippen molar-refractivity contribution < 1.29 is 4.74 Å². The third-order valence-corrected chi connectivity index (χ3v) is 4.65. The Morgan fingerprint density at radius 3 is 2.71 bits per heavy atom. The number of nitrogens with two attached hydrogens (primary N) is 1. The van der Waals surface area contributed by atoms with Crippen LogP contribution in [0.1, 0.15) is 26.7 Å². The van der Waals surface area contributed by atoms with Crippen molar-refractivity contribution >= 4 is 0 Å². The van der Waals surface area contributed by atoms with E-state index in [1.165, 1.54) is 0 Å². The average molecular weight is 241 g/mol. The lowest BCUT2D eigenvalue weighted by atomic mass is 9.84. The van der Waals surface area contributed by atoms with Gasteiger partial charge in [-0.15, -0.1) is 0 Å². The topological polar surface area (TPSA) is 41.7 Å². The minimum absolute atomic E-state index is 0.188. The second kappa shape index (κ2) is 5.22. The molecule has 4 nitrogen and oxygen atoms in total. The molecule has 0 radical (unpaired) electrons. The SMILES string of the molecule is CC1CC(CN)(N2CCN(C)C(C)C2)CCO1. The van der Waals surface area contributed by atoms with E-state index in [1.54, 1.807) is 0 Å². The molecule has 3 atom stereocenters. The van der Waals surface area contributed by atoms with Gasteiger partial charge in [0, 0.05) is 44.4 Å². The molecule has 4 heteroatoms. The molecule has 0 aromatic carbocycles. The van der Waals surface area contributed by atoms with Crippen LogP contribution in [0.3, 0.4) is 0 Å². The summed E-state index contributed by atoms with van der Waals surface area (Å²) in [5, 5.41) is 0. The number of nitrogens with zero attached hydrogens (tertiary/aromatic N) is 2. The zero-order valence-corrected chi connectivity index (χ0v) is 11.5. The molecule has 2 saturated heterocycles. The first-order valence-corrected chi connectivity index (χ1v) is 6.84. The van der Waals surface area contributed by atoms with Gasteiger partial charge >= 0.3 is 0 Å². The summed E-state index contributed by atoms with van der Waals surface area (Å²) < 4.78 is 5.68. The lowest BCUT2D eigenvalue weighted by Crippen LogP contribution is -2.64. The number of rotatable bonds is 2. The van der Waals surface area contributed by atoms with Gasteiger partial charge in [-0.3, -0.25) is 4.90 Å². The standard InChI is InChI=1S/C13H27N3O/c1-11-9-16(6-5-15(11)3)13(10-14)4-7-17-12(2)8-13/h11-12H,4-10,14H2,1-3H3. The molecule has 2 aliphatic heterocycles. The van der Waals surface area contributed by atoms with Gasteiger partial charge in [0.15, 0.2) is 0 Å². The molecule has 2 aliphatic rings. The highest BCUT2D eigenvalue weighted by molar-refractivity contribution is 4.98. The van der Waals surface area contributed by atoms with E-state index in [1.807, 2.05) is 0 Å². The van der Waals surface area contributed by atoms with Crippen molar-refractivity contribution in [2.45, 2.75) is 44.4 Å². The first-order chi connectivity index (χ1) is 8.07. The van der Waals surface area contributed by atoms with Gasteiger partial charge in [0.1, 0.15) is 0 Å². The molecule has 0 spiro atoms. The predicted octanol–water partition coefficient (Wildman–Crippen LogP) is 0.519. The first kappa shape index (κ1) is 13.3. The van der Waals surface area contributed by atoms with Gasteiger partial charge in [-0.2, -0.15) is 0 Å². The van der Waals surface area contributed by atoms with Crippen molar-refractivity contribution in [3.05, 3.63) is 0 Å². The van der Waals surface area contributed by atoms with Crippen LogP contribution in [-0.2, 0) is 4.74 Å². The smallest absolute Gasteiger partial charge is 0.0565 e. The summed E-state index contributed by atoms with van der Waals surface area (Å²) in [5.74, 6) is 0. The lowest BCUT2D eigenvalue weighted by molar-refractivity contribution is -0.0806. The van der Waals surface area contributed by atoms with Crippen molar-refractivity contribution in [3.63, 3.8) is 0 Å². The maximum atomic E-state index is 6.10. The van der Waals surface area contributed by atoms with Crippen LogP contribution in [0.4, 0.5) is 0 Å². The zero-order chi connectivity index (χ0) is 12.5. The number of hydrogen-bond donors (Lipinski definition) is 1. The summed E-state index contributed by atoms with van der Waals surface area (Å²) >= 11 is 0. The Bertz CT molecular complexity index is 261. The number of hydrogen-bond acceptors (Lipinski definition) is 4. The van der Waals surface area contributed by atoms with Crippen LogP contribution in [0, 0.1) is 0 Å². The molecule has 0 bridgehead atoms. The Hall–Kier alpha value is -0.160. The van der Waals surface area contributed by atoms with Crippen LogP contribution in [-0.4, -0.2) is 67.3 Å². The Labute approximate surface area is 105 Å². The van der Waals surface area contributed by atoms with Gasteiger partial charge in [-0.1, -0.05) is 0 Å². The van der Waals surface area contributed by atoms with Gasteiger partial charge in [0.05, 0.1) is 6.10 Å². The van der Waals surface area contributed by atoms with Gasteiger partial charge in [0.2, 0.25) is 0 Å². The molecule has 0 aromatic rings. The fourth-order valence-corrected chi connectivity index (χ4v) is 3.23. The fourth-order valence-electron chi connectivity index (χ4n) is 3.23. The quantitative estimate of drug-likeness (QED) is 0.765. The highest BCUT2D eigenvalue weighted by Gasteiger charge is 2.41. The highest BCUT2D eigenvalue weighted by Crippen LogP contribution is 2.31. The van der Waals surface area contributed by atoms with Crippen LogP contribution >= 0.6 is 0 Å². The summed E-state index contributed by atoms with van der Waals surface area (Å²) in [6, 6.07) is 0.630. The molecule has 0 aromatic heterocycles. The molecule has 2 rings (SSSR count). The molecular formula is C13H27N3O. The van der Waals surface area contributed by atoms with E-state index in [2.05, 4.69) is 30.7 Å². The van der Waals surface area contributed by atoms with E-state index in [4.69, 9.17) is 10.5 Å². The molecule has 3 unspecified atom stereocenters. The number of ether oxygens (including phenoxy) is 1. The monoisotopic (exact) mass is 241 g/mol. The molecule has 0 amide bonds. The molecular weight excluding hydrogens is 214 g/mol. The van der Waals surface area contributed by atoms with Gasteiger partial charge in [-0.05, 0) is 33.7 Å². The third kappa shape index (κ3) is 2.65. The molecule has 100 valence electrons. The average Bonchev–Trinajstić information content (AvgIpc) is 2.32. The zero-order valence-electron chi connectivity index (χ0n) is 11.5. The van der Waals surface area contributed by atoms with Crippen LogP contribution in [0.15, 0.2) is 0 Å². The summed E-state index contributed by atoms with van der Waals surface area (Å²) in [6.07, 6.45) is 2.52. The molecule has 2 heterocycles. The van der Waals surface area contributed by atoms with Crippen molar-refractivity contribution in [1.29, 1.82) is 0 Å². The number of likely N-dealkylation sites (N-methyl/N-ethyl adjacent to an activating group) is 1. The normalized spacial score (nSPS) is 41.6. The van der Waals surface area contributed by atoms with Gasteiger partial charge in [-0.25, -0.2) is 0 Å². The highest BCUT2D eigenvalue weighted by atomic mass is 16.5. The van der Waals surface area contributed by atoms with Crippen molar-refractivity contribution in [3.8, 4) is 0 Å². The van der Waals surface area contributed by atoms with E-state index < -0.39 is 0 Å². The summed E-state index contributed by atoms with van der Waals surface area (Å²) in [4.78, 5) is 5.06. The predicted molar refractivity (Wildman–Crippen MR) is 70.1 cm³/mol. The van der Waals surface area contributed by atoms with Crippen LogP contribution in [0.25, 0.3) is 0 Å². The van der Waals surface area contributed by atoms with Crippen molar-refractivity contribution in [2.75, 3.05) is 39.8 Å². The van der Waals surface area contributed by atoms with E-state index in [9.17, 15) is 0 Å². The largest absolute Gasteiger partial charge is 0.378 e. The minimum Gasteiger partial charge on any atom is -0.378 e.